The van der Waals surface area contributed by atoms with Gasteiger partial charge in [-0.15, -0.1) is 10.2 Å². The Morgan fingerprint density at radius 1 is 1.19 bits per heavy atom. The summed E-state index contributed by atoms with van der Waals surface area (Å²) in [5.74, 6) is 1.22. The van der Waals surface area contributed by atoms with Crippen LogP contribution in [0.15, 0.2) is 58.2 Å². The maximum atomic E-state index is 12.0. The summed E-state index contributed by atoms with van der Waals surface area (Å²) < 4.78 is 11.0. The predicted octanol–water partition coefficient (Wildman–Crippen LogP) is 4.20. The Hall–Kier alpha value is -2.51. The van der Waals surface area contributed by atoms with E-state index in [4.69, 9.17) is 20.8 Å². The highest BCUT2D eigenvalue weighted by molar-refractivity contribution is 7.99. The van der Waals surface area contributed by atoms with Gasteiger partial charge in [-0.1, -0.05) is 41.6 Å². The first-order valence-electron chi connectivity index (χ1n) is 8.35. The van der Waals surface area contributed by atoms with Gasteiger partial charge in [-0.25, -0.2) is 0 Å². The second-order valence-corrected chi connectivity index (χ2v) is 6.82. The average Bonchev–Trinajstić information content (AvgIpc) is 3.16. The molecule has 6 nitrogen and oxygen atoms in total. The smallest absolute Gasteiger partial charge is 0.277 e. The van der Waals surface area contributed by atoms with E-state index in [0.29, 0.717) is 29.3 Å². The van der Waals surface area contributed by atoms with E-state index in [9.17, 15) is 4.79 Å². The van der Waals surface area contributed by atoms with Gasteiger partial charge in [0.15, 0.2) is 0 Å². The van der Waals surface area contributed by atoms with Gasteiger partial charge in [0, 0.05) is 17.1 Å². The molecule has 0 spiro atoms. The van der Waals surface area contributed by atoms with Gasteiger partial charge < -0.3 is 14.5 Å². The number of amides is 1. The van der Waals surface area contributed by atoms with Crippen LogP contribution in [0.1, 0.15) is 12.5 Å². The summed E-state index contributed by atoms with van der Waals surface area (Å²) in [6.07, 6.45) is 0. The fourth-order valence-corrected chi connectivity index (χ4v) is 3.05. The minimum Gasteiger partial charge on any atom is -0.494 e. The van der Waals surface area contributed by atoms with E-state index in [1.807, 2.05) is 49.4 Å². The van der Waals surface area contributed by atoms with Crippen molar-refractivity contribution in [3.8, 4) is 17.2 Å². The molecule has 0 atom stereocenters. The van der Waals surface area contributed by atoms with Crippen molar-refractivity contribution in [2.45, 2.75) is 18.7 Å². The second-order valence-electron chi connectivity index (χ2n) is 5.49. The van der Waals surface area contributed by atoms with E-state index < -0.39 is 0 Å². The SMILES string of the molecule is CCOc1ccc(-c2nnc(SCC(=O)NCc3ccccc3Cl)o2)cc1. The summed E-state index contributed by atoms with van der Waals surface area (Å²) in [6, 6.07) is 14.8. The number of hydrogen-bond donors (Lipinski definition) is 1. The Kier molecular flexibility index (Phi) is 6.73. The fraction of sp³-hybridized carbons (Fsp3) is 0.211. The van der Waals surface area contributed by atoms with Crippen LogP contribution in [0.2, 0.25) is 5.02 Å². The highest BCUT2D eigenvalue weighted by Crippen LogP contribution is 2.25. The van der Waals surface area contributed by atoms with E-state index in [0.717, 1.165) is 16.9 Å². The number of thioether (sulfide) groups is 1. The number of benzene rings is 2. The molecule has 0 aliphatic rings. The molecule has 1 heterocycles. The lowest BCUT2D eigenvalue weighted by Gasteiger charge is -2.05. The van der Waals surface area contributed by atoms with Gasteiger partial charge in [0.05, 0.1) is 12.4 Å². The summed E-state index contributed by atoms with van der Waals surface area (Å²) in [5, 5.41) is 11.8. The molecule has 0 aliphatic heterocycles. The molecule has 0 bridgehead atoms. The molecule has 1 aromatic heterocycles. The largest absolute Gasteiger partial charge is 0.494 e. The maximum absolute atomic E-state index is 12.0. The van der Waals surface area contributed by atoms with Crippen molar-refractivity contribution in [1.82, 2.24) is 15.5 Å². The Morgan fingerprint density at radius 3 is 2.70 bits per heavy atom. The van der Waals surface area contributed by atoms with E-state index in [-0.39, 0.29) is 11.7 Å². The van der Waals surface area contributed by atoms with Crippen LogP contribution in [0.4, 0.5) is 0 Å². The van der Waals surface area contributed by atoms with Gasteiger partial charge in [-0.05, 0) is 42.8 Å². The Balaban J connectivity index is 1.50. The zero-order valence-corrected chi connectivity index (χ0v) is 16.2. The molecule has 8 heteroatoms. The summed E-state index contributed by atoms with van der Waals surface area (Å²) in [7, 11) is 0. The molecule has 3 aromatic rings. The number of carbonyl (C=O) groups is 1. The summed E-state index contributed by atoms with van der Waals surface area (Å²) in [5.41, 5.74) is 1.66. The van der Waals surface area contributed by atoms with Crippen molar-refractivity contribution < 1.29 is 13.9 Å². The molecule has 0 radical (unpaired) electrons. The van der Waals surface area contributed by atoms with Crippen LogP contribution >= 0.6 is 23.4 Å². The number of halogens is 1. The topological polar surface area (TPSA) is 77.2 Å². The molecule has 0 aliphatic carbocycles. The van der Waals surface area contributed by atoms with Gasteiger partial charge >= 0.3 is 0 Å². The summed E-state index contributed by atoms with van der Waals surface area (Å²) in [6.45, 7) is 2.92. The number of aromatic nitrogens is 2. The molecule has 0 unspecified atom stereocenters. The molecule has 0 saturated heterocycles. The molecule has 0 saturated carbocycles. The van der Waals surface area contributed by atoms with Gasteiger partial charge in [-0.3, -0.25) is 4.79 Å². The lowest BCUT2D eigenvalue weighted by atomic mass is 10.2. The van der Waals surface area contributed by atoms with Crippen LogP contribution in [0.25, 0.3) is 11.5 Å². The lowest BCUT2D eigenvalue weighted by molar-refractivity contribution is -0.118. The van der Waals surface area contributed by atoms with E-state index in [1.165, 1.54) is 11.8 Å². The highest BCUT2D eigenvalue weighted by atomic mass is 35.5. The van der Waals surface area contributed by atoms with Crippen molar-refractivity contribution in [2.24, 2.45) is 0 Å². The summed E-state index contributed by atoms with van der Waals surface area (Å²) in [4.78, 5) is 12.0. The Morgan fingerprint density at radius 2 is 1.96 bits per heavy atom. The zero-order valence-electron chi connectivity index (χ0n) is 14.6. The van der Waals surface area contributed by atoms with Crippen LogP contribution in [0.3, 0.4) is 0 Å². The number of nitrogens with one attached hydrogen (secondary N) is 1. The third-order valence-electron chi connectivity index (χ3n) is 3.58. The first-order valence-corrected chi connectivity index (χ1v) is 9.71. The quantitative estimate of drug-likeness (QED) is 0.568. The number of nitrogens with zero attached hydrogens (tertiary/aromatic N) is 2. The van der Waals surface area contributed by atoms with Crippen LogP contribution in [0.5, 0.6) is 5.75 Å². The van der Waals surface area contributed by atoms with Crippen LogP contribution in [-0.4, -0.2) is 28.5 Å². The molecule has 27 heavy (non-hydrogen) atoms. The maximum Gasteiger partial charge on any atom is 0.277 e. The van der Waals surface area contributed by atoms with Crippen LogP contribution in [-0.2, 0) is 11.3 Å². The standard InChI is InChI=1S/C19H18ClN3O3S/c1-2-25-15-9-7-13(8-10-15)18-22-23-19(26-18)27-12-17(24)21-11-14-5-3-4-6-16(14)20/h3-10H,2,11-12H2,1H3,(H,21,24). The normalized spacial score (nSPS) is 10.6. The lowest BCUT2D eigenvalue weighted by Crippen LogP contribution is -2.24. The first-order chi connectivity index (χ1) is 13.2. The number of ether oxygens (including phenoxy) is 1. The molecule has 140 valence electrons. The third-order valence-corrected chi connectivity index (χ3v) is 4.77. The molecule has 0 fully saturated rings. The predicted molar refractivity (Wildman–Crippen MR) is 105 cm³/mol. The number of rotatable bonds is 8. The molecular weight excluding hydrogens is 386 g/mol. The Bertz CT molecular complexity index is 899. The van der Waals surface area contributed by atoms with Crippen molar-refractivity contribution in [1.29, 1.82) is 0 Å². The summed E-state index contributed by atoms with van der Waals surface area (Å²) >= 11 is 7.26. The zero-order chi connectivity index (χ0) is 19.1. The van der Waals surface area contributed by atoms with Crippen molar-refractivity contribution in [3.05, 3.63) is 59.1 Å². The molecular formula is C19H18ClN3O3S. The van der Waals surface area contributed by atoms with Crippen LogP contribution < -0.4 is 10.1 Å². The molecule has 1 N–H and O–H groups in total. The third kappa shape index (κ3) is 5.48. The van der Waals surface area contributed by atoms with E-state index in [1.54, 1.807) is 6.07 Å². The van der Waals surface area contributed by atoms with Gasteiger partial charge in [0.1, 0.15) is 5.75 Å². The molecule has 3 rings (SSSR count). The first kappa shape index (κ1) is 19.3. The molecule has 2 aromatic carbocycles. The molecule has 1 amide bonds. The van der Waals surface area contributed by atoms with Crippen LogP contribution in [0, 0.1) is 0 Å². The van der Waals surface area contributed by atoms with E-state index in [2.05, 4.69) is 15.5 Å². The van der Waals surface area contributed by atoms with Gasteiger partial charge in [-0.2, -0.15) is 0 Å². The number of hydrogen-bond acceptors (Lipinski definition) is 6. The van der Waals surface area contributed by atoms with Gasteiger partial charge in [0.25, 0.3) is 5.22 Å². The second kappa shape index (κ2) is 9.43. The Labute approximate surface area is 166 Å². The van der Waals surface area contributed by atoms with Crippen molar-refractivity contribution >= 4 is 29.3 Å². The van der Waals surface area contributed by atoms with Crippen molar-refractivity contribution in [2.75, 3.05) is 12.4 Å². The minimum absolute atomic E-state index is 0.138. The van der Waals surface area contributed by atoms with E-state index >= 15 is 0 Å². The van der Waals surface area contributed by atoms with Crippen molar-refractivity contribution in [3.63, 3.8) is 0 Å². The van der Waals surface area contributed by atoms with Gasteiger partial charge in [0.2, 0.25) is 11.8 Å². The average molecular weight is 404 g/mol. The monoisotopic (exact) mass is 403 g/mol. The highest BCUT2D eigenvalue weighted by Gasteiger charge is 2.11. The fourth-order valence-electron chi connectivity index (χ4n) is 2.26. The minimum atomic E-state index is -0.138. The number of carbonyl (C=O) groups excluding carboxylic acids is 1.